The number of nitrogens with one attached hydrogen (secondary N) is 1. The highest BCUT2D eigenvalue weighted by molar-refractivity contribution is 7.14. The topological polar surface area (TPSA) is 111 Å². The van der Waals surface area contributed by atoms with Gasteiger partial charge in [0.1, 0.15) is 6.07 Å². The van der Waals surface area contributed by atoms with Crippen LogP contribution in [-0.4, -0.2) is 37.2 Å². The standard InChI is InChI=1S/C24H21N3O5S/c1-16-3-7-18(8-4-16)19-15-33-24(26-19)27-22(28)14-32-23(29)10-6-17-5-9-20(31-12-11-25)21(13-17)30-2/h3-10,13,15H,12,14H2,1-2H3,(H,26,27,28)/b10-6+. The molecule has 8 nitrogen and oxygen atoms in total. The fraction of sp³-hybridized carbons (Fsp3) is 0.167. The van der Waals surface area contributed by atoms with Crippen molar-refractivity contribution in [1.82, 2.24) is 4.98 Å². The van der Waals surface area contributed by atoms with Crippen LogP contribution in [0.15, 0.2) is 53.9 Å². The first-order valence-corrected chi connectivity index (χ1v) is 10.7. The molecule has 0 aliphatic rings. The van der Waals surface area contributed by atoms with Crippen LogP contribution in [0.3, 0.4) is 0 Å². The number of hydrogen-bond donors (Lipinski definition) is 1. The molecule has 0 atom stereocenters. The van der Waals surface area contributed by atoms with E-state index in [1.807, 2.05) is 42.6 Å². The van der Waals surface area contributed by atoms with E-state index < -0.39 is 18.5 Å². The Kier molecular flexibility index (Phi) is 8.16. The molecule has 0 unspecified atom stereocenters. The Morgan fingerprint density at radius 1 is 1.18 bits per heavy atom. The third-order valence-electron chi connectivity index (χ3n) is 4.34. The van der Waals surface area contributed by atoms with E-state index in [2.05, 4.69) is 10.3 Å². The second-order valence-corrected chi connectivity index (χ2v) is 7.61. The number of carbonyl (C=O) groups excluding carboxylic acids is 2. The number of anilines is 1. The summed E-state index contributed by atoms with van der Waals surface area (Å²) in [6.45, 7) is 1.47. The maximum Gasteiger partial charge on any atom is 0.331 e. The molecular formula is C24H21N3O5S. The SMILES string of the molecule is COc1cc(/C=C/C(=O)OCC(=O)Nc2nc(-c3ccc(C)cc3)cs2)ccc1OCC#N. The van der Waals surface area contributed by atoms with Crippen molar-refractivity contribution in [3.8, 4) is 28.8 Å². The highest BCUT2D eigenvalue weighted by Gasteiger charge is 2.10. The van der Waals surface area contributed by atoms with E-state index in [1.54, 1.807) is 18.2 Å². The Hall–Kier alpha value is -4.16. The van der Waals surface area contributed by atoms with Crippen molar-refractivity contribution >= 4 is 34.4 Å². The molecule has 9 heteroatoms. The second-order valence-electron chi connectivity index (χ2n) is 6.75. The normalized spacial score (nSPS) is 10.5. The Morgan fingerprint density at radius 2 is 1.97 bits per heavy atom. The molecule has 1 aromatic heterocycles. The van der Waals surface area contributed by atoms with Gasteiger partial charge in [0, 0.05) is 17.0 Å². The number of amides is 1. The minimum absolute atomic E-state index is 0.103. The van der Waals surface area contributed by atoms with Crippen LogP contribution in [0.4, 0.5) is 5.13 Å². The van der Waals surface area contributed by atoms with Crippen molar-refractivity contribution in [2.45, 2.75) is 6.92 Å². The second kappa shape index (κ2) is 11.5. The molecule has 0 bridgehead atoms. The molecule has 1 heterocycles. The number of benzene rings is 2. The summed E-state index contributed by atoms with van der Waals surface area (Å²) < 4.78 is 15.5. The minimum atomic E-state index is -0.673. The third-order valence-corrected chi connectivity index (χ3v) is 5.09. The Balaban J connectivity index is 1.49. The molecule has 2 aromatic carbocycles. The Bertz CT molecular complexity index is 1200. The monoisotopic (exact) mass is 463 g/mol. The number of aryl methyl sites for hydroxylation is 1. The first-order chi connectivity index (χ1) is 16.0. The molecular weight excluding hydrogens is 442 g/mol. The molecule has 0 saturated heterocycles. The predicted molar refractivity (Wildman–Crippen MR) is 125 cm³/mol. The number of hydrogen-bond acceptors (Lipinski definition) is 8. The molecule has 1 amide bonds. The summed E-state index contributed by atoms with van der Waals surface area (Å²) in [7, 11) is 1.47. The fourth-order valence-electron chi connectivity index (χ4n) is 2.71. The molecule has 0 aliphatic heterocycles. The number of thiazole rings is 1. The molecule has 3 aromatic rings. The summed E-state index contributed by atoms with van der Waals surface area (Å²) in [4.78, 5) is 28.4. The number of carbonyl (C=O) groups is 2. The van der Waals surface area contributed by atoms with Gasteiger partial charge in [0.25, 0.3) is 5.91 Å². The predicted octanol–water partition coefficient (Wildman–Crippen LogP) is 4.22. The maximum atomic E-state index is 12.1. The molecule has 0 radical (unpaired) electrons. The number of nitrogens with zero attached hydrogens (tertiary/aromatic N) is 2. The molecule has 0 fully saturated rings. The van der Waals surface area contributed by atoms with E-state index in [-0.39, 0.29) is 6.61 Å². The molecule has 0 aliphatic carbocycles. The Labute approximate surface area is 195 Å². The zero-order chi connectivity index (χ0) is 23.6. The average Bonchev–Trinajstić information content (AvgIpc) is 3.29. The van der Waals surface area contributed by atoms with Gasteiger partial charge >= 0.3 is 5.97 Å². The first kappa shape index (κ1) is 23.5. The van der Waals surface area contributed by atoms with Crippen molar-refractivity contribution in [3.63, 3.8) is 0 Å². The smallest absolute Gasteiger partial charge is 0.331 e. The van der Waals surface area contributed by atoms with Gasteiger partial charge in [-0.3, -0.25) is 10.1 Å². The summed E-state index contributed by atoms with van der Waals surface area (Å²) in [5.74, 6) is -0.313. The van der Waals surface area contributed by atoms with Gasteiger partial charge in [0.05, 0.1) is 12.8 Å². The van der Waals surface area contributed by atoms with Crippen LogP contribution >= 0.6 is 11.3 Å². The van der Waals surface area contributed by atoms with Gasteiger partial charge in [0.2, 0.25) is 0 Å². The molecule has 1 N–H and O–H groups in total. The van der Waals surface area contributed by atoms with Crippen LogP contribution in [0.5, 0.6) is 11.5 Å². The van der Waals surface area contributed by atoms with Crippen LogP contribution < -0.4 is 14.8 Å². The van der Waals surface area contributed by atoms with Gasteiger partial charge in [-0.2, -0.15) is 5.26 Å². The van der Waals surface area contributed by atoms with Crippen molar-refractivity contribution < 1.29 is 23.8 Å². The number of aromatic nitrogens is 1. The molecule has 168 valence electrons. The van der Waals surface area contributed by atoms with Gasteiger partial charge in [0.15, 0.2) is 29.8 Å². The van der Waals surface area contributed by atoms with E-state index in [0.717, 1.165) is 16.8 Å². The number of methoxy groups -OCH3 is 1. The first-order valence-electron chi connectivity index (χ1n) is 9.83. The van der Waals surface area contributed by atoms with Crippen LogP contribution in [0.2, 0.25) is 0 Å². The molecule has 3 rings (SSSR count). The quantitative estimate of drug-likeness (QED) is 0.373. The average molecular weight is 464 g/mol. The summed E-state index contributed by atoms with van der Waals surface area (Å²) >= 11 is 1.29. The summed E-state index contributed by atoms with van der Waals surface area (Å²) in [6, 6.07) is 14.8. The van der Waals surface area contributed by atoms with E-state index in [0.29, 0.717) is 22.2 Å². The van der Waals surface area contributed by atoms with Crippen LogP contribution in [0, 0.1) is 18.3 Å². The van der Waals surface area contributed by atoms with Gasteiger partial charge in [-0.25, -0.2) is 9.78 Å². The highest BCUT2D eigenvalue weighted by atomic mass is 32.1. The fourth-order valence-corrected chi connectivity index (χ4v) is 3.45. The van der Waals surface area contributed by atoms with E-state index in [9.17, 15) is 9.59 Å². The van der Waals surface area contributed by atoms with Crippen molar-refractivity contribution in [2.75, 3.05) is 25.6 Å². The molecule has 0 saturated carbocycles. The molecule has 0 spiro atoms. The summed E-state index contributed by atoms with van der Waals surface area (Å²) in [6.07, 6.45) is 2.72. The number of nitriles is 1. The molecule has 33 heavy (non-hydrogen) atoms. The summed E-state index contributed by atoms with van der Waals surface area (Å²) in [5, 5.41) is 13.5. The van der Waals surface area contributed by atoms with Gasteiger partial charge in [-0.1, -0.05) is 35.9 Å². The highest BCUT2D eigenvalue weighted by Crippen LogP contribution is 2.28. The van der Waals surface area contributed by atoms with Gasteiger partial charge in [-0.15, -0.1) is 11.3 Å². The Morgan fingerprint density at radius 3 is 2.70 bits per heavy atom. The number of esters is 1. The third kappa shape index (κ3) is 6.92. The zero-order valence-electron chi connectivity index (χ0n) is 18.0. The van der Waals surface area contributed by atoms with Gasteiger partial charge in [-0.05, 0) is 30.7 Å². The maximum absolute atomic E-state index is 12.1. The van der Waals surface area contributed by atoms with Crippen LogP contribution in [0.25, 0.3) is 17.3 Å². The lowest BCUT2D eigenvalue weighted by Crippen LogP contribution is -2.20. The lowest BCUT2D eigenvalue weighted by molar-refractivity contribution is -0.142. The van der Waals surface area contributed by atoms with E-state index in [1.165, 1.54) is 30.6 Å². The number of rotatable bonds is 9. The van der Waals surface area contributed by atoms with E-state index >= 15 is 0 Å². The van der Waals surface area contributed by atoms with Crippen molar-refractivity contribution in [3.05, 3.63) is 65.0 Å². The van der Waals surface area contributed by atoms with Crippen LogP contribution in [0.1, 0.15) is 11.1 Å². The summed E-state index contributed by atoms with van der Waals surface area (Å²) in [5.41, 5.74) is 3.52. The zero-order valence-corrected chi connectivity index (χ0v) is 18.8. The van der Waals surface area contributed by atoms with Gasteiger partial charge < -0.3 is 14.2 Å². The largest absolute Gasteiger partial charge is 0.493 e. The number of ether oxygens (including phenoxy) is 3. The lowest BCUT2D eigenvalue weighted by atomic mass is 10.1. The van der Waals surface area contributed by atoms with Crippen molar-refractivity contribution in [2.24, 2.45) is 0 Å². The van der Waals surface area contributed by atoms with Crippen molar-refractivity contribution in [1.29, 1.82) is 5.26 Å². The lowest BCUT2D eigenvalue weighted by Gasteiger charge is -2.08. The van der Waals surface area contributed by atoms with E-state index in [4.69, 9.17) is 19.5 Å². The minimum Gasteiger partial charge on any atom is -0.493 e. The van der Waals surface area contributed by atoms with Crippen LogP contribution in [-0.2, 0) is 14.3 Å².